The summed E-state index contributed by atoms with van der Waals surface area (Å²) in [6, 6.07) is 3.60. The molecule has 8 N–H and O–H groups in total. The minimum absolute atomic E-state index is 0.125. The standard InChI is InChI=1S/C25H29N3O7/c26-24(34)20-17(30)9-13-7-12-8-15-11(10-28-14-3-5-27-6-4-14)1-2-16(29)19(15)21(31)18(12)22(32)25(13,35)23(20)33/h1-2,12-14,27-29,31,33,35H,3-10H2,(H2,26,34). The number of aliphatic hydroxyl groups excluding tert-OH is 2. The molecule has 10 nitrogen and oxygen atoms in total. The molecule has 1 saturated heterocycles. The molecule has 3 atom stereocenters. The van der Waals surface area contributed by atoms with Crippen molar-refractivity contribution in [1.82, 2.24) is 10.6 Å². The highest BCUT2D eigenvalue weighted by molar-refractivity contribution is 6.22. The quantitative estimate of drug-likeness (QED) is 0.296. The number of hydrogen-bond donors (Lipinski definition) is 7. The largest absolute Gasteiger partial charge is 0.508 e. The predicted octanol–water partition coefficient (Wildman–Crippen LogP) is 0.266. The fourth-order valence-electron chi connectivity index (χ4n) is 6.13. The van der Waals surface area contributed by atoms with E-state index in [-0.39, 0.29) is 29.7 Å². The number of nitrogens with one attached hydrogen (secondary N) is 2. The molecule has 1 aromatic carbocycles. The fourth-order valence-corrected chi connectivity index (χ4v) is 6.13. The molecule has 2 fully saturated rings. The number of primary amides is 1. The second-order valence-corrected chi connectivity index (χ2v) is 9.91. The van der Waals surface area contributed by atoms with Gasteiger partial charge in [0.25, 0.3) is 5.91 Å². The van der Waals surface area contributed by atoms with E-state index in [4.69, 9.17) is 5.73 Å². The summed E-state index contributed by atoms with van der Waals surface area (Å²) in [6.07, 6.45) is 2.09. The Morgan fingerprint density at radius 3 is 2.54 bits per heavy atom. The number of phenols is 1. The summed E-state index contributed by atoms with van der Waals surface area (Å²) >= 11 is 0. The minimum atomic E-state index is -2.54. The maximum atomic E-state index is 13.5. The van der Waals surface area contributed by atoms with Crippen LogP contribution in [-0.4, -0.2) is 62.6 Å². The summed E-state index contributed by atoms with van der Waals surface area (Å²) in [5.41, 5.74) is 3.47. The molecule has 35 heavy (non-hydrogen) atoms. The summed E-state index contributed by atoms with van der Waals surface area (Å²) in [4.78, 5) is 37.7. The number of carbonyl (C=O) groups excluding carboxylic acids is 3. The van der Waals surface area contributed by atoms with Crippen LogP contribution >= 0.6 is 0 Å². The Labute approximate surface area is 201 Å². The number of amides is 1. The van der Waals surface area contributed by atoms with Gasteiger partial charge in [-0.3, -0.25) is 14.4 Å². The molecule has 3 aliphatic carbocycles. The average molecular weight is 484 g/mol. The number of rotatable bonds is 4. The van der Waals surface area contributed by atoms with Crippen molar-refractivity contribution >= 4 is 23.2 Å². The molecular formula is C25H29N3O7. The van der Waals surface area contributed by atoms with Gasteiger partial charge in [-0.15, -0.1) is 0 Å². The molecule has 0 bridgehead atoms. The monoisotopic (exact) mass is 483 g/mol. The van der Waals surface area contributed by atoms with E-state index < -0.39 is 52.0 Å². The van der Waals surface area contributed by atoms with Gasteiger partial charge in [-0.25, -0.2) is 0 Å². The Hall–Kier alpha value is -3.21. The second kappa shape index (κ2) is 8.47. The van der Waals surface area contributed by atoms with E-state index >= 15 is 0 Å². The lowest BCUT2D eigenvalue weighted by Gasteiger charge is -2.46. The number of aromatic hydroxyl groups is 1. The second-order valence-electron chi connectivity index (χ2n) is 9.91. The number of carbonyl (C=O) groups is 3. The lowest BCUT2D eigenvalue weighted by Crippen LogP contribution is -2.58. The Kier molecular flexibility index (Phi) is 5.70. The van der Waals surface area contributed by atoms with Crippen molar-refractivity contribution in [2.45, 2.75) is 50.3 Å². The van der Waals surface area contributed by atoms with Gasteiger partial charge in [-0.1, -0.05) is 6.07 Å². The van der Waals surface area contributed by atoms with Gasteiger partial charge < -0.3 is 36.8 Å². The van der Waals surface area contributed by atoms with Gasteiger partial charge in [0, 0.05) is 30.5 Å². The van der Waals surface area contributed by atoms with Gasteiger partial charge in [0.15, 0.2) is 11.4 Å². The van der Waals surface area contributed by atoms with Crippen LogP contribution in [0.2, 0.25) is 0 Å². The van der Waals surface area contributed by atoms with Crippen molar-refractivity contribution < 1.29 is 34.8 Å². The molecule has 0 spiro atoms. The number of aliphatic hydroxyl groups is 3. The van der Waals surface area contributed by atoms with Crippen molar-refractivity contribution in [3.63, 3.8) is 0 Å². The van der Waals surface area contributed by atoms with Gasteiger partial charge in [0.1, 0.15) is 22.8 Å². The van der Waals surface area contributed by atoms with E-state index in [9.17, 15) is 34.8 Å². The van der Waals surface area contributed by atoms with Crippen LogP contribution in [0.4, 0.5) is 0 Å². The average Bonchev–Trinajstić information content (AvgIpc) is 2.81. The molecule has 10 heteroatoms. The SMILES string of the molecule is NC(=O)C1=C(O)C2(O)C(=O)C3=C(O)c4c(O)ccc(CNC5CCNCC5)c4CC3CC2CC1=O. The van der Waals surface area contributed by atoms with E-state index in [0.29, 0.717) is 24.6 Å². The third-order valence-corrected chi connectivity index (χ3v) is 7.96. The molecule has 1 aromatic rings. The Morgan fingerprint density at radius 2 is 1.86 bits per heavy atom. The van der Waals surface area contributed by atoms with E-state index in [1.165, 1.54) is 6.07 Å². The lowest BCUT2D eigenvalue weighted by molar-refractivity contribution is -0.147. The van der Waals surface area contributed by atoms with Crippen LogP contribution in [0.5, 0.6) is 5.75 Å². The van der Waals surface area contributed by atoms with Gasteiger partial charge in [0.2, 0.25) is 5.78 Å². The van der Waals surface area contributed by atoms with Crippen molar-refractivity contribution in [2.75, 3.05) is 13.1 Å². The lowest BCUT2D eigenvalue weighted by atomic mass is 9.59. The summed E-state index contributed by atoms with van der Waals surface area (Å²) in [5.74, 6) is -6.17. The third kappa shape index (κ3) is 3.55. The highest BCUT2D eigenvalue weighted by Crippen LogP contribution is 2.52. The molecule has 1 amide bonds. The fraction of sp³-hybridized carbons (Fsp3) is 0.480. The van der Waals surface area contributed by atoms with Gasteiger partial charge in [0.05, 0.1) is 5.56 Å². The first-order chi connectivity index (χ1) is 16.6. The van der Waals surface area contributed by atoms with Gasteiger partial charge in [-0.2, -0.15) is 0 Å². The van der Waals surface area contributed by atoms with E-state index in [2.05, 4.69) is 10.6 Å². The molecule has 0 radical (unpaired) electrons. The smallest absolute Gasteiger partial charge is 0.255 e. The summed E-state index contributed by atoms with van der Waals surface area (Å²) in [7, 11) is 0. The number of fused-ring (bicyclic) bond motifs is 3. The first-order valence-corrected chi connectivity index (χ1v) is 11.9. The molecule has 1 aliphatic heterocycles. The topological polar surface area (TPSA) is 182 Å². The van der Waals surface area contributed by atoms with Gasteiger partial charge in [-0.05, 0) is 61.9 Å². The van der Waals surface area contributed by atoms with Crippen LogP contribution in [0.3, 0.4) is 0 Å². The number of hydrogen-bond acceptors (Lipinski definition) is 9. The number of piperidine rings is 1. The van der Waals surface area contributed by atoms with Crippen LogP contribution in [0, 0.1) is 11.8 Å². The third-order valence-electron chi connectivity index (χ3n) is 7.96. The minimum Gasteiger partial charge on any atom is -0.508 e. The van der Waals surface area contributed by atoms with Crippen LogP contribution < -0.4 is 16.4 Å². The molecule has 4 aliphatic rings. The molecule has 186 valence electrons. The number of ketones is 2. The van der Waals surface area contributed by atoms with Crippen molar-refractivity contribution in [1.29, 1.82) is 0 Å². The predicted molar refractivity (Wildman–Crippen MR) is 124 cm³/mol. The summed E-state index contributed by atoms with van der Waals surface area (Å²) in [6.45, 7) is 2.39. The number of benzene rings is 1. The zero-order valence-electron chi connectivity index (χ0n) is 19.1. The normalized spacial score (nSPS) is 29.1. The zero-order valence-corrected chi connectivity index (χ0v) is 19.1. The van der Waals surface area contributed by atoms with E-state index in [1.807, 2.05) is 0 Å². The molecule has 3 unspecified atom stereocenters. The van der Waals surface area contributed by atoms with Crippen molar-refractivity contribution in [3.8, 4) is 5.75 Å². The molecule has 5 rings (SSSR count). The Morgan fingerprint density at radius 1 is 1.14 bits per heavy atom. The van der Waals surface area contributed by atoms with Crippen LogP contribution in [-0.2, 0) is 27.3 Å². The highest BCUT2D eigenvalue weighted by atomic mass is 16.3. The summed E-state index contributed by atoms with van der Waals surface area (Å²) in [5, 5.41) is 50.5. The summed E-state index contributed by atoms with van der Waals surface area (Å²) < 4.78 is 0. The van der Waals surface area contributed by atoms with E-state index in [1.54, 1.807) is 6.07 Å². The van der Waals surface area contributed by atoms with Crippen LogP contribution in [0.25, 0.3) is 5.76 Å². The Balaban J connectivity index is 1.55. The molecule has 0 aromatic heterocycles. The van der Waals surface area contributed by atoms with Crippen molar-refractivity contribution in [3.05, 3.63) is 45.7 Å². The van der Waals surface area contributed by atoms with Gasteiger partial charge >= 0.3 is 0 Å². The molecular weight excluding hydrogens is 454 g/mol. The van der Waals surface area contributed by atoms with Crippen molar-refractivity contribution in [2.24, 2.45) is 17.6 Å². The maximum absolute atomic E-state index is 13.5. The highest BCUT2D eigenvalue weighted by Gasteiger charge is 2.60. The first kappa shape index (κ1) is 23.5. The maximum Gasteiger partial charge on any atom is 0.255 e. The van der Waals surface area contributed by atoms with Crippen LogP contribution in [0.15, 0.2) is 29.0 Å². The molecule has 1 saturated carbocycles. The first-order valence-electron chi connectivity index (χ1n) is 11.9. The number of Topliss-reactive ketones (excluding diaryl/α,β-unsaturated/α-hetero) is 2. The molecule has 1 heterocycles. The Bertz CT molecular complexity index is 1200. The zero-order chi connectivity index (χ0) is 25.1. The van der Waals surface area contributed by atoms with E-state index in [0.717, 1.165) is 31.5 Å². The number of phenolic OH excluding ortho intramolecular Hbond substituents is 1. The number of nitrogens with two attached hydrogens (primary N) is 1. The van der Waals surface area contributed by atoms with Crippen LogP contribution in [0.1, 0.15) is 42.4 Å².